The molecule has 0 aliphatic rings. The van der Waals surface area contributed by atoms with Crippen molar-refractivity contribution in [3.8, 4) is 28.0 Å². The number of carbonyl (C=O) groups excluding carboxylic acids is 1. The van der Waals surface area contributed by atoms with E-state index >= 15 is 0 Å². The van der Waals surface area contributed by atoms with Crippen molar-refractivity contribution < 1.29 is 24.2 Å². The minimum Gasteiger partial charge on any atom is -0.496 e. The topological polar surface area (TPSA) is 84.9 Å². The highest BCUT2D eigenvalue weighted by Crippen LogP contribution is 2.29. The molecule has 4 rings (SSSR count). The van der Waals surface area contributed by atoms with Crippen LogP contribution in [0.5, 0.6) is 5.75 Å². The Morgan fingerprint density at radius 2 is 1.46 bits per heavy atom. The Balaban J connectivity index is 1.38. The number of carboxylic acids is 1. The van der Waals surface area contributed by atoms with Crippen molar-refractivity contribution in [1.82, 2.24) is 5.32 Å². The average molecular weight is 496 g/mol. The van der Waals surface area contributed by atoms with Gasteiger partial charge in [0.25, 0.3) is 0 Å². The van der Waals surface area contributed by atoms with E-state index in [1.807, 2.05) is 78.9 Å². The fourth-order valence-electron chi connectivity index (χ4n) is 4.02. The summed E-state index contributed by atoms with van der Waals surface area (Å²) in [7, 11) is 1.57. The number of ether oxygens (including phenoxy) is 2. The van der Waals surface area contributed by atoms with Crippen molar-refractivity contribution >= 4 is 12.1 Å². The zero-order valence-electron chi connectivity index (χ0n) is 20.8. The van der Waals surface area contributed by atoms with Crippen LogP contribution in [-0.2, 0) is 22.7 Å². The molecule has 0 radical (unpaired) electrons. The molecule has 1 amide bonds. The fourth-order valence-corrected chi connectivity index (χ4v) is 4.02. The summed E-state index contributed by atoms with van der Waals surface area (Å²) in [6, 6.07) is 31.1. The van der Waals surface area contributed by atoms with Gasteiger partial charge in [-0.2, -0.15) is 0 Å². The standard InChI is InChI=1S/C31H29NO5/c1-21(30(33)34)25-9-6-10-26(17-25)27-15-16-29(36-2)28(18-27)19-32-31(35)37-20-22-11-13-24(14-12-22)23-7-4-3-5-8-23/h3-18,21H,19-20H2,1-2H3,(H,32,35)(H,33,34). The van der Waals surface area contributed by atoms with E-state index in [2.05, 4.69) is 17.4 Å². The minimum absolute atomic E-state index is 0.159. The van der Waals surface area contributed by atoms with Gasteiger partial charge in [-0.1, -0.05) is 84.9 Å². The minimum atomic E-state index is -0.873. The summed E-state index contributed by atoms with van der Waals surface area (Å²) in [5, 5.41) is 12.1. The van der Waals surface area contributed by atoms with Crippen molar-refractivity contribution in [3.63, 3.8) is 0 Å². The normalized spacial score (nSPS) is 11.4. The number of carbonyl (C=O) groups is 2. The van der Waals surface area contributed by atoms with Crippen molar-refractivity contribution in [2.75, 3.05) is 7.11 Å². The van der Waals surface area contributed by atoms with E-state index in [1.165, 1.54) is 0 Å². The lowest BCUT2D eigenvalue weighted by molar-refractivity contribution is -0.138. The van der Waals surface area contributed by atoms with Crippen LogP contribution in [-0.4, -0.2) is 24.3 Å². The molecule has 6 nitrogen and oxygen atoms in total. The largest absolute Gasteiger partial charge is 0.496 e. The maximum absolute atomic E-state index is 12.4. The summed E-state index contributed by atoms with van der Waals surface area (Å²) in [4.78, 5) is 23.8. The van der Waals surface area contributed by atoms with Crippen LogP contribution >= 0.6 is 0 Å². The number of aliphatic carboxylic acids is 1. The van der Waals surface area contributed by atoms with Crippen LogP contribution in [0, 0.1) is 0 Å². The van der Waals surface area contributed by atoms with Gasteiger partial charge >= 0.3 is 12.1 Å². The first-order chi connectivity index (χ1) is 17.9. The molecule has 2 N–H and O–H groups in total. The molecule has 1 unspecified atom stereocenters. The lowest BCUT2D eigenvalue weighted by Gasteiger charge is -2.14. The van der Waals surface area contributed by atoms with Gasteiger partial charge < -0.3 is 19.9 Å². The second-order valence-electron chi connectivity index (χ2n) is 8.70. The van der Waals surface area contributed by atoms with Crippen LogP contribution in [0.2, 0.25) is 0 Å². The summed E-state index contributed by atoms with van der Waals surface area (Å²) in [5.74, 6) is -0.846. The second kappa shape index (κ2) is 11.9. The first-order valence-electron chi connectivity index (χ1n) is 12.0. The number of benzene rings is 4. The van der Waals surface area contributed by atoms with Gasteiger partial charge in [-0.3, -0.25) is 4.79 Å². The third-order valence-corrected chi connectivity index (χ3v) is 6.22. The molecular weight excluding hydrogens is 466 g/mol. The zero-order chi connectivity index (χ0) is 26.2. The van der Waals surface area contributed by atoms with Crippen molar-refractivity contribution in [2.24, 2.45) is 0 Å². The van der Waals surface area contributed by atoms with Crippen molar-refractivity contribution in [1.29, 1.82) is 0 Å². The van der Waals surface area contributed by atoms with Crippen LogP contribution in [0.3, 0.4) is 0 Å². The van der Waals surface area contributed by atoms with E-state index in [-0.39, 0.29) is 13.2 Å². The van der Waals surface area contributed by atoms with Gasteiger partial charge in [0.2, 0.25) is 0 Å². The molecule has 6 heteroatoms. The second-order valence-corrected chi connectivity index (χ2v) is 8.70. The number of methoxy groups -OCH3 is 1. The smallest absolute Gasteiger partial charge is 0.407 e. The van der Waals surface area contributed by atoms with E-state index in [4.69, 9.17) is 9.47 Å². The molecular formula is C31H29NO5. The Hall–Kier alpha value is -4.58. The highest BCUT2D eigenvalue weighted by molar-refractivity contribution is 5.77. The van der Waals surface area contributed by atoms with Gasteiger partial charge in [0.15, 0.2) is 0 Å². The Morgan fingerprint density at radius 1 is 0.811 bits per heavy atom. The van der Waals surface area contributed by atoms with Crippen LogP contribution in [0.1, 0.15) is 29.5 Å². The van der Waals surface area contributed by atoms with E-state index in [0.29, 0.717) is 5.75 Å². The summed E-state index contributed by atoms with van der Waals surface area (Å²) in [6.45, 7) is 2.04. The van der Waals surface area contributed by atoms with Gasteiger partial charge in [0.1, 0.15) is 12.4 Å². The molecule has 0 aliphatic carbocycles. The van der Waals surface area contributed by atoms with E-state index in [0.717, 1.165) is 38.9 Å². The summed E-state index contributed by atoms with van der Waals surface area (Å²) >= 11 is 0. The summed E-state index contributed by atoms with van der Waals surface area (Å²) in [5.41, 5.74) is 6.40. The third-order valence-electron chi connectivity index (χ3n) is 6.22. The van der Waals surface area contributed by atoms with Crippen LogP contribution < -0.4 is 10.1 Å². The summed E-state index contributed by atoms with van der Waals surface area (Å²) < 4.78 is 10.9. The molecule has 0 aromatic heterocycles. The number of hydrogen-bond acceptors (Lipinski definition) is 4. The number of hydrogen-bond donors (Lipinski definition) is 2. The molecule has 188 valence electrons. The van der Waals surface area contributed by atoms with Crippen molar-refractivity contribution in [2.45, 2.75) is 26.0 Å². The Morgan fingerprint density at radius 3 is 2.16 bits per heavy atom. The van der Waals surface area contributed by atoms with Gasteiger partial charge in [0.05, 0.1) is 13.0 Å². The first-order valence-corrected chi connectivity index (χ1v) is 12.0. The molecule has 0 bridgehead atoms. The molecule has 0 spiro atoms. The van der Waals surface area contributed by atoms with E-state index in [9.17, 15) is 14.7 Å². The third kappa shape index (κ3) is 6.55. The SMILES string of the molecule is COc1ccc(-c2cccc(C(C)C(=O)O)c2)cc1CNC(=O)OCc1ccc(-c2ccccc2)cc1. The molecule has 37 heavy (non-hydrogen) atoms. The molecule has 4 aromatic carbocycles. The van der Waals surface area contributed by atoms with Gasteiger partial charge in [-0.15, -0.1) is 0 Å². The maximum Gasteiger partial charge on any atom is 0.407 e. The Labute approximate surface area is 216 Å². The van der Waals surface area contributed by atoms with Crippen LogP contribution in [0.25, 0.3) is 22.3 Å². The quantitative estimate of drug-likeness (QED) is 0.272. The number of amides is 1. The van der Waals surface area contributed by atoms with Crippen LogP contribution in [0.4, 0.5) is 4.79 Å². The lowest BCUT2D eigenvalue weighted by Crippen LogP contribution is -2.23. The number of carboxylic acid groups (broad SMARTS) is 1. The Bertz CT molecular complexity index is 1370. The predicted molar refractivity (Wildman–Crippen MR) is 143 cm³/mol. The van der Waals surface area contributed by atoms with Gasteiger partial charge in [-0.05, 0) is 52.4 Å². The summed E-state index contributed by atoms with van der Waals surface area (Å²) in [6.07, 6.45) is -0.531. The number of rotatable bonds is 9. The molecule has 0 heterocycles. The first kappa shape index (κ1) is 25.5. The van der Waals surface area contributed by atoms with E-state index in [1.54, 1.807) is 20.1 Å². The molecule has 0 fully saturated rings. The predicted octanol–water partition coefficient (Wildman–Crippen LogP) is 6.64. The number of nitrogens with one attached hydrogen (secondary N) is 1. The zero-order valence-corrected chi connectivity index (χ0v) is 20.8. The average Bonchev–Trinajstić information content (AvgIpc) is 2.95. The Kier molecular flexibility index (Phi) is 8.21. The molecule has 0 saturated carbocycles. The lowest BCUT2D eigenvalue weighted by atomic mass is 9.95. The van der Waals surface area contributed by atoms with Crippen molar-refractivity contribution in [3.05, 3.63) is 114 Å². The highest BCUT2D eigenvalue weighted by Gasteiger charge is 2.15. The van der Waals surface area contributed by atoms with E-state index < -0.39 is 18.0 Å². The molecule has 0 aliphatic heterocycles. The van der Waals surface area contributed by atoms with Gasteiger partial charge in [0, 0.05) is 12.1 Å². The maximum atomic E-state index is 12.4. The fraction of sp³-hybridized carbons (Fsp3) is 0.161. The molecule has 0 saturated heterocycles. The monoisotopic (exact) mass is 495 g/mol. The van der Waals surface area contributed by atoms with Crippen LogP contribution in [0.15, 0.2) is 97.1 Å². The highest BCUT2D eigenvalue weighted by atomic mass is 16.5. The number of alkyl carbamates (subject to hydrolysis) is 1. The van der Waals surface area contributed by atoms with Gasteiger partial charge in [-0.25, -0.2) is 4.79 Å². The molecule has 4 aromatic rings. The molecule has 1 atom stereocenters.